The van der Waals surface area contributed by atoms with Gasteiger partial charge >= 0.3 is 0 Å². The smallest absolute Gasteiger partial charge is 0.292 e. The molecule has 25 heavy (non-hydrogen) atoms. The van der Waals surface area contributed by atoms with E-state index in [0.29, 0.717) is 12.4 Å². The lowest BCUT2D eigenvalue weighted by molar-refractivity contribution is 0.0634. The number of amides is 2. The van der Waals surface area contributed by atoms with E-state index in [-0.39, 0.29) is 31.1 Å². The third-order valence-corrected chi connectivity index (χ3v) is 3.72. The Balaban J connectivity index is 1.77. The van der Waals surface area contributed by atoms with Crippen LogP contribution in [0.1, 0.15) is 21.0 Å². The molecule has 11 heteroatoms. The van der Waals surface area contributed by atoms with Crippen LogP contribution in [-0.2, 0) is 0 Å². The standard InChI is InChI=1S/C14H16N6O5/c15-13(23)9-4-16-5-11(17-9)19-1-2-20(7-8(21)6-19)14(24)10-3-12(22)18-25-10/h3-5,8,21H,1-2,6-7H2,(H2,15,23)(H,18,22)/t8-/m0/s1. The van der Waals surface area contributed by atoms with E-state index >= 15 is 0 Å². The van der Waals surface area contributed by atoms with Crippen LogP contribution in [0.2, 0.25) is 0 Å². The van der Waals surface area contributed by atoms with Crippen LogP contribution in [0.5, 0.6) is 0 Å². The SMILES string of the molecule is NC(=O)c1cncc(N2CCN(C(=O)c3cc(=O)[nH]o3)C[C@@H](O)C2)n1. The molecular formula is C14H16N6O5. The average molecular weight is 348 g/mol. The van der Waals surface area contributed by atoms with Gasteiger partial charge in [0.25, 0.3) is 17.4 Å². The Bertz CT molecular complexity index is 846. The first kappa shape index (κ1) is 16.6. The number of primary amides is 1. The van der Waals surface area contributed by atoms with Crippen molar-refractivity contribution >= 4 is 17.6 Å². The minimum atomic E-state index is -0.865. The Kier molecular flexibility index (Phi) is 4.48. The van der Waals surface area contributed by atoms with Crippen molar-refractivity contribution in [3.8, 4) is 0 Å². The maximum Gasteiger partial charge on any atom is 0.292 e. The van der Waals surface area contributed by atoms with E-state index in [1.807, 2.05) is 0 Å². The fourth-order valence-corrected chi connectivity index (χ4v) is 2.55. The molecule has 0 aliphatic carbocycles. The van der Waals surface area contributed by atoms with Crippen LogP contribution in [0.4, 0.5) is 5.82 Å². The van der Waals surface area contributed by atoms with Crippen molar-refractivity contribution in [3.63, 3.8) is 0 Å². The molecule has 0 unspecified atom stereocenters. The molecule has 3 heterocycles. The van der Waals surface area contributed by atoms with Crippen molar-refractivity contribution in [2.24, 2.45) is 5.73 Å². The Labute approximate surface area is 141 Å². The second kappa shape index (κ2) is 6.73. The number of rotatable bonds is 3. The highest BCUT2D eigenvalue weighted by atomic mass is 16.5. The van der Waals surface area contributed by atoms with E-state index in [1.165, 1.54) is 17.3 Å². The molecule has 0 saturated carbocycles. The van der Waals surface area contributed by atoms with Crippen LogP contribution < -0.4 is 16.2 Å². The predicted molar refractivity (Wildman–Crippen MR) is 84.0 cm³/mol. The number of aliphatic hydroxyl groups excluding tert-OH is 1. The molecule has 0 aromatic carbocycles. The fraction of sp³-hybridized carbons (Fsp3) is 0.357. The zero-order valence-electron chi connectivity index (χ0n) is 13.1. The topological polar surface area (TPSA) is 159 Å². The zero-order chi connectivity index (χ0) is 18.0. The Morgan fingerprint density at radius 2 is 2.12 bits per heavy atom. The van der Waals surface area contributed by atoms with Crippen LogP contribution >= 0.6 is 0 Å². The van der Waals surface area contributed by atoms with Crippen molar-refractivity contribution in [1.29, 1.82) is 0 Å². The van der Waals surface area contributed by atoms with Gasteiger partial charge in [-0.15, -0.1) is 0 Å². The number of nitrogens with one attached hydrogen (secondary N) is 1. The highest BCUT2D eigenvalue weighted by molar-refractivity contribution is 5.91. The minimum Gasteiger partial charge on any atom is -0.389 e. The number of anilines is 1. The lowest BCUT2D eigenvalue weighted by Gasteiger charge is -2.22. The van der Waals surface area contributed by atoms with Gasteiger partial charge in [0, 0.05) is 26.2 Å². The molecule has 1 saturated heterocycles. The van der Waals surface area contributed by atoms with Gasteiger partial charge < -0.3 is 25.2 Å². The van der Waals surface area contributed by atoms with Crippen LogP contribution in [0.15, 0.2) is 27.8 Å². The molecule has 4 N–H and O–H groups in total. The number of aromatic nitrogens is 3. The Morgan fingerprint density at radius 3 is 2.80 bits per heavy atom. The molecule has 11 nitrogen and oxygen atoms in total. The van der Waals surface area contributed by atoms with E-state index in [2.05, 4.69) is 15.1 Å². The monoisotopic (exact) mass is 348 g/mol. The second-order valence-electron chi connectivity index (χ2n) is 5.55. The largest absolute Gasteiger partial charge is 0.389 e. The number of nitrogens with two attached hydrogens (primary N) is 1. The fourth-order valence-electron chi connectivity index (χ4n) is 2.55. The number of hydrogen-bond donors (Lipinski definition) is 3. The molecule has 2 amide bonds. The molecule has 1 atom stereocenters. The van der Waals surface area contributed by atoms with E-state index in [0.717, 1.165) is 6.07 Å². The lowest BCUT2D eigenvalue weighted by Crippen LogP contribution is -2.37. The summed E-state index contributed by atoms with van der Waals surface area (Å²) in [6.45, 7) is 0.854. The molecule has 0 bridgehead atoms. The molecule has 132 valence electrons. The summed E-state index contributed by atoms with van der Waals surface area (Å²) in [4.78, 5) is 45.8. The normalized spacial score (nSPS) is 18.0. The lowest BCUT2D eigenvalue weighted by atomic mass is 10.3. The van der Waals surface area contributed by atoms with E-state index < -0.39 is 23.5 Å². The van der Waals surface area contributed by atoms with Crippen LogP contribution in [0.3, 0.4) is 0 Å². The van der Waals surface area contributed by atoms with Crippen LogP contribution in [0.25, 0.3) is 0 Å². The summed E-state index contributed by atoms with van der Waals surface area (Å²) < 4.78 is 4.81. The third kappa shape index (κ3) is 3.66. The van der Waals surface area contributed by atoms with Gasteiger partial charge in [-0.3, -0.25) is 19.4 Å². The minimum absolute atomic E-state index is 0.0123. The van der Waals surface area contributed by atoms with E-state index in [1.54, 1.807) is 4.90 Å². The molecule has 2 aromatic rings. The zero-order valence-corrected chi connectivity index (χ0v) is 13.1. The molecule has 1 fully saturated rings. The van der Waals surface area contributed by atoms with E-state index in [9.17, 15) is 19.5 Å². The first-order valence-corrected chi connectivity index (χ1v) is 7.46. The van der Waals surface area contributed by atoms with Gasteiger partial charge in [-0.1, -0.05) is 0 Å². The summed E-state index contributed by atoms with van der Waals surface area (Å²) in [6.07, 6.45) is 1.84. The van der Waals surface area contributed by atoms with Crippen molar-refractivity contribution in [2.75, 3.05) is 31.1 Å². The highest BCUT2D eigenvalue weighted by Gasteiger charge is 2.28. The van der Waals surface area contributed by atoms with Gasteiger partial charge in [-0.25, -0.2) is 4.98 Å². The molecule has 1 aliphatic heterocycles. The summed E-state index contributed by atoms with van der Waals surface area (Å²) in [6, 6.07) is 1.05. The molecular weight excluding hydrogens is 332 g/mol. The quantitative estimate of drug-likeness (QED) is 0.585. The molecule has 0 spiro atoms. The van der Waals surface area contributed by atoms with Gasteiger partial charge in [0.05, 0.1) is 24.6 Å². The van der Waals surface area contributed by atoms with Crippen LogP contribution in [0, 0.1) is 0 Å². The van der Waals surface area contributed by atoms with Gasteiger partial charge in [0.1, 0.15) is 11.5 Å². The summed E-state index contributed by atoms with van der Waals surface area (Å²) in [5, 5.41) is 12.2. The van der Waals surface area contributed by atoms with Gasteiger partial charge in [0.15, 0.2) is 0 Å². The maximum atomic E-state index is 12.4. The summed E-state index contributed by atoms with van der Waals surface area (Å²) in [7, 11) is 0. The van der Waals surface area contributed by atoms with Gasteiger partial charge in [0.2, 0.25) is 5.76 Å². The number of H-pyrrole nitrogens is 1. The third-order valence-electron chi connectivity index (χ3n) is 3.72. The number of carbonyl (C=O) groups is 2. The van der Waals surface area contributed by atoms with Crippen molar-refractivity contribution < 1.29 is 19.2 Å². The van der Waals surface area contributed by atoms with Crippen molar-refractivity contribution in [3.05, 3.63) is 40.3 Å². The number of aromatic amines is 1. The predicted octanol–water partition coefficient (Wildman–Crippen LogP) is -1.82. The number of β-amino-alcohol motifs (C(OH)–C–C–N with tert-alkyl or cyclic N) is 1. The molecule has 1 aliphatic rings. The first-order chi connectivity index (χ1) is 11.9. The number of carbonyl (C=O) groups excluding carboxylic acids is 2. The second-order valence-corrected chi connectivity index (χ2v) is 5.55. The molecule has 3 rings (SSSR count). The number of nitrogens with zero attached hydrogens (tertiary/aromatic N) is 4. The number of aliphatic hydroxyl groups is 1. The molecule has 0 radical (unpaired) electrons. The number of hydrogen-bond acceptors (Lipinski definition) is 8. The average Bonchev–Trinajstić information content (AvgIpc) is 2.92. The van der Waals surface area contributed by atoms with Gasteiger partial charge in [-0.2, -0.15) is 5.16 Å². The summed E-state index contributed by atoms with van der Waals surface area (Å²) in [5.41, 5.74) is 4.69. The summed E-state index contributed by atoms with van der Waals surface area (Å²) in [5.74, 6) is -0.959. The van der Waals surface area contributed by atoms with Crippen LogP contribution in [-0.4, -0.2) is 69.2 Å². The van der Waals surface area contributed by atoms with Gasteiger partial charge in [-0.05, 0) is 0 Å². The highest BCUT2D eigenvalue weighted by Crippen LogP contribution is 2.15. The molecule has 2 aromatic heterocycles. The van der Waals surface area contributed by atoms with Crippen molar-refractivity contribution in [2.45, 2.75) is 6.10 Å². The maximum absolute atomic E-state index is 12.4. The van der Waals surface area contributed by atoms with E-state index in [4.69, 9.17) is 10.3 Å². The summed E-state index contributed by atoms with van der Waals surface area (Å²) >= 11 is 0. The van der Waals surface area contributed by atoms with Crippen molar-refractivity contribution in [1.82, 2.24) is 20.0 Å². The Hall–Kier alpha value is -3.21. The Morgan fingerprint density at radius 1 is 1.32 bits per heavy atom. The first-order valence-electron chi connectivity index (χ1n) is 7.46.